The predicted molar refractivity (Wildman–Crippen MR) is 81.6 cm³/mol. The van der Waals surface area contributed by atoms with Crippen LogP contribution >= 0.6 is 11.8 Å². The number of thioether (sulfide) groups is 1. The number of carbonyl (C=O) groups is 2. The lowest BCUT2D eigenvalue weighted by Crippen LogP contribution is -2.56. The Morgan fingerprint density at radius 2 is 1.92 bits per heavy atom. The van der Waals surface area contributed by atoms with Crippen LogP contribution in [0.2, 0.25) is 0 Å². The van der Waals surface area contributed by atoms with Crippen LogP contribution < -0.4 is 5.32 Å². The number of hydrogen-bond acceptors (Lipinski definition) is 4. The summed E-state index contributed by atoms with van der Waals surface area (Å²) in [5.41, 5.74) is -2.09. The number of hydrogen-bond donors (Lipinski definition) is 2. The van der Waals surface area contributed by atoms with E-state index in [0.29, 0.717) is 19.0 Å². The standard InChI is InChI=1S/C15H17F3N2O3S/c16-15(17,18)10-4-5-12(19-8-10)24-9-11(21)20-14(13(22)23)6-2-1-3-7-14/h4-5,8H,1-3,6-7,9H2,(H,20,21)(H,22,23). The molecule has 0 aromatic carbocycles. The lowest BCUT2D eigenvalue weighted by molar-refractivity contribution is -0.148. The van der Waals surface area contributed by atoms with Gasteiger partial charge in [0.15, 0.2) is 0 Å². The van der Waals surface area contributed by atoms with Crippen LogP contribution in [-0.2, 0) is 15.8 Å². The van der Waals surface area contributed by atoms with Crippen molar-refractivity contribution >= 4 is 23.6 Å². The smallest absolute Gasteiger partial charge is 0.417 e. The summed E-state index contributed by atoms with van der Waals surface area (Å²) in [6, 6.07) is 2.08. The number of carbonyl (C=O) groups excluding carboxylic acids is 1. The van der Waals surface area contributed by atoms with Gasteiger partial charge in [-0.05, 0) is 25.0 Å². The maximum atomic E-state index is 12.4. The van der Waals surface area contributed by atoms with Crippen LogP contribution in [-0.4, -0.2) is 33.3 Å². The number of alkyl halides is 3. The molecule has 0 bridgehead atoms. The number of aromatic nitrogens is 1. The van der Waals surface area contributed by atoms with Crippen molar-refractivity contribution < 1.29 is 27.9 Å². The molecule has 0 unspecified atom stereocenters. The summed E-state index contributed by atoms with van der Waals surface area (Å²) in [4.78, 5) is 27.2. The average molecular weight is 362 g/mol. The van der Waals surface area contributed by atoms with Gasteiger partial charge in [0.05, 0.1) is 16.3 Å². The molecule has 1 aliphatic rings. The highest BCUT2D eigenvalue weighted by molar-refractivity contribution is 7.99. The number of carboxylic acids is 1. The van der Waals surface area contributed by atoms with E-state index in [1.54, 1.807) is 0 Å². The first-order valence-electron chi connectivity index (χ1n) is 7.43. The lowest BCUT2D eigenvalue weighted by atomic mass is 9.81. The fraction of sp³-hybridized carbons (Fsp3) is 0.533. The van der Waals surface area contributed by atoms with Gasteiger partial charge in [-0.15, -0.1) is 0 Å². The van der Waals surface area contributed by atoms with Crippen LogP contribution in [0, 0.1) is 0 Å². The van der Waals surface area contributed by atoms with Gasteiger partial charge >= 0.3 is 12.1 Å². The van der Waals surface area contributed by atoms with Crippen LogP contribution in [0.4, 0.5) is 13.2 Å². The molecule has 0 saturated heterocycles. The van der Waals surface area contributed by atoms with Gasteiger partial charge in [-0.25, -0.2) is 9.78 Å². The summed E-state index contributed by atoms with van der Waals surface area (Å²) in [5.74, 6) is -1.62. The maximum Gasteiger partial charge on any atom is 0.417 e. The molecule has 0 radical (unpaired) electrons. The highest BCUT2D eigenvalue weighted by Gasteiger charge is 2.40. The minimum atomic E-state index is -4.46. The molecule has 132 valence electrons. The first kappa shape index (κ1) is 18.6. The molecule has 1 aromatic rings. The number of nitrogens with one attached hydrogen (secondary N) is 1. The van der Waals surface area contributed by atoms with Crippen molar-refractivity contribution in [2.45, 2.75) is 48.8 Å². The number of aliphatic carboxylic acids is 1. The van der Waals surface area contributed by atoms with E-state index in [0.717, 1.165) is 37.1 Å². The van der Waals surface area contributed by atoms with Gasteiger partial charge < -0.3 is 10.4 Å². The third-order valence-electron chi connectivity index (χ3n) is 3.91. The summed E-state index contributed by atoms with van der Waals surface area (Å²) in [7, 11) is 0. The van der Waals surface area contributed by atoms with E-state index in [-0.39, 0.29) is 10.8 Å². The summed E-state index contributed by atoms with van der Waals surface area (Å²) in [6.45, 7) is 0. The number of pyridine rings is 1. The zero-order valence-electron chi connectivity index (χ0n) is 12.7. The molecule has 2 N–H and O–H groups in total. The minimum Gasteiger partial charge on any atom is -0.480 e. The topological polar surface area (TPSA) is 79.3 Å². The summed E-state index contributed by atoms with van der Waals surface area (Å²) in [5, 5.41) is 12.2. The van der Waals surface area contributed by atoms with Gasteiger partial charge in [0.1, 0.15) is 5.54 Å². The van der Waals surface area contributed by atoms with Crippen molar-refractivity contribution in [2.24, 2.45) is 0 Å². The zero-order valence-corrected chi connectivity index (χ0v) is 13.5. The largest absolute Gasteiger partial charge is 0.480 e. The van der Waals surface area contributed by atoms with Crippen molar-refractivity contribution in [3.63, 3.8) is 0 Å². The third kappa shape index (κ3) is 4.62. The van der Waals surface area contributed by atoms with E-state index >= 15 is 0 Å². The summed E-state index contributed by atoms with van der Waals surface area (Å²) in [6.07, 6.45) is -0.563. The molecule has 1 aliphatic carbocycles. The Hall–Kier alpha value is -1.77. The molecular weight excluding hydrogens is 345 g/mol. The first-order valence-corrected chi connectivity index (χ1v) is 8.42. The molecule has 24 heavy (non-hydrogen) atoms. The molecule has 1 fully saturated rings. The van der Waals surface area contributed by atoms with Crippen molar-refractivity contribution in [3.05, 3.63) is 23.9 Å². The Morgan fingerprint density at radius 3 is 2.42 bits per heavy atom. The third-order valence-corrected chi connectivity index (χ3v) is 4.85. The van der Waals surface area contributed by atoms with E-state index in [1.165, 1.54) is 6.07 Å². The van der Waals surface area contributed by atoms with Gasteiger partial charge in [0.2, 0.25) is 5.91 Å². The minimum absolute atomic E-state index is 0.104. The Bertz CT molecular complexity index is 599. The molecule has 1 heterocycles. The fourth-order valence-electron chi connectivity index (χ4n) is 2.62. The molecule has 0 aliphatic heterocycles. The second-order valence-corrected chi connectivity index (χ2v) is 6.66. The molecule has 0 atom stereocenters. The molecule has 0 spiro atoms. The van der Waals surface area contributed by atoms with Crippen LogP contribution in [0.3, 0.4) is 0 Å². The summed E-state index contributed by atoms with van der Waals surface area (Å²) < 4.78 is 37.3. The van der Waals surface area contributed by atoms with Crippen LogP contribution in [0.25, 0.3) is 0 Å². The van der Waals surface area contributed by atoms with E-state index in [4.69, 9.17) is 0 Å². The van der Waals surface area contributed by atoms with E-state index in [1.807, 2.05) is 0 Å². The number of carboxylic acid groups (broad SMARTS) is 1. The lowest BCUT2D eigenvalue weighted by Gasteiger charge is -2.33. The molecule has 2 rings (SSSR count). The van der Waals surface area contributed by atoms with Gasteiger partial charge in [0, 0.05) is 6.20 Å². The van der Waals surface area contributed by atoms with Crippen molar-refractivity contribution in [2.75, 3.05) is 5.75 Å². The van der Waals surface area contributed by atoms with Crippen LogP contribution in [0.5, 0.6) is 0 Å². The molecule has 1 aromatic heterocycles. The van der Waals surface area contributed by atoms with Crippen molar-refractivity contribution in [1.82, 2.24) is 10.3 Å². The van der Waals surface area contributed by atoms with Gasteiger partial charge in [-0.3, -0.25) is 4.79 Å². The molecule has 1 amide bonds. The van der Waals surface area contributed by atoms with Crippen molar-refractivity contribution in [1.29, 1.82) is 0 Å². The molecule has 5 nitrogen and oxygen atoms in total. The average Bonchev–Trinajstić information content (AvgIpc) is 2.53. The zero-order chi connectivity index (χ0) is 17.8. The van der Waals surface area contributed by atoms with Gasteiger partial charge in [-0.2, -0.15) is 13.2 Å². The van der Waals surface area contributed by atoms with E-state index in [2.05, 4.69) is 10.3 Å². The number of nitrogens with zero attached hydrogens (tertiary/aromatic N) is 1. The normalized spacial score (nSPS) is 17.3. The van der Waals surface area contributed by atoms with E-state index in [9.17, 15) is 27.9 Å². The van der Waals surface area contributed by atoms with Crippen molar-refractivity contribution in [3.8, 4) is 0 Å². The van der Waals surface area contributed by atoms with Crippen LogP contribution in [0.1, 0.15) is 37.7 Å². The SMILES string of the molecule is O=C(CSc1ccc(C(F)(F)F)cn1)NC1(C(=O)O)CCCCC1. The van der Waals surface area contributed by atoms with Gasteiger partial charge in [0.25, 0.3) is 0 Å². The monoisotopic (exact) mass is 362 g/mol. The number of rotatable bonds is 5. The Labute approximate surface area is 141 Å². The van der Waals surface area contributed by atoms with Crippen LogP contribution in [0.15, 0.2) is 23.4 Å². The fourth-order valence-corrected chi connectivity index (χ4v) is 3.27. The molecular formula is C15H17F3N2O3S. The number of amides is 1. The molecule has 1 saturated carbocycles. The Kier molecular flexibility index (Phi) is 5.74. The first-order chi connectivity index (χ1) is 11.2. The highest BCUT2D eigenvalue weighted by Crippen LogP contribution is 2.30. The quantitative estimate of drug-likeness (QED) is 0.787. The summed E-state index contributed by atoms with van der Waals surface area (Å²) >= 11 is 0.963. The van der Waals surface area contributed by atoms with Gasteiger partial charge in [-0.1, -0.05) is 31.0 Å². The Balaban J connectivity index is 1.91. The second kappa shape index (κ2) is 7.42. The Morgan fingerprint density at radius 1 is 1.25 bits per heavy atom. The molecule has 9 heteroatoms. The second-order valence-electron chi connectivity index (χ2n) is 5.67. The van der Waals surface area contributed by atoms with E-state index < -0.39 is 29.2 Å². The predicted octanol–water partition coefficient (Wildman–Crippen LogP) is 3.10. The maximum absolute atomic E-state index is 12.4. The highest BCUT2D eigenvalue weighted by atomic mass is 32.2. The number of halogens is 3.